The number of amides is 1. The van der Waals surface area contributed by atoms with Crippen LogP contribution in [0, 0.1) is 0 Å². The summed E-state index contributed by atoms with van der Waals surface area (Å²) in [7, 11) is 0. The molecular formula is C22H20N2O2. The average Bonchev–Trinajstić information content (AvgIpc) is 3.38. The molecule has 0 fully saturated rings. The summed E-state index contributed by atoms with van der Waals surface area (Å²) >= 11 is 0. The van der Waals surface area contributed by atoms with Crippen molar-refractivity contribution in [3.05, 3.63) is 95.4 Å². The van der Waals surface area contributed by atoms with Gasteiger partial charge in [0, 0.05) is 12.0 Å². The van der Waals surface area contributed by atoms with E-state index in [1.165, 1.54) is 5.56 Å². The standard InChI is InChI=1S/C22H20N2O2/c1-2-16-10-12-17(13-11-16)19-15-20(21-9-6-14-26-21)24(23-19)22(25)18-7-4-3-5-8-18/h3-14,20H,2,15H2,1H3/t20-/m1/s1. The van der Waals surface area contributed by atoms with E-state index in [9.17, 15) is 4.79 Å². The molecule has 2 heterocycles. The molecule has 0 spiro atoms. The van der Waals surface area contributed by atoms with Crippen LogP contribution in [0.3, 0.4) is 0 Å². The van der Waals surface area contributed by atoms with Gasteiger partial charge in [-0.3, -0.25) is 4.79 Å². The fourth-order valence-corrected chi connectivity index (χ4v) is 3.22. The van der Waals surface area contributed by atoms with Gasteiger partial charge in [0.1, 0.15) is 11.8 Å². The predicted octanol–water partition coefficient (Wildman–Crippen LogP) is 4.83. The molecule has 1 amide bonds. The van der Waals surface area contributed by atoms with Gasteiger partial charge in [-0.05, 0) is 41.8 Å². The van der Waals surface area contributed by atoms with Gasteiger partial charge in [-0.1, -0.05) is 49.4 Å². The van der Waals surface area contributed by atoms with E-state index in [2.05, 4.69) is 36.3 Å². The number of aryl methyl sites for hydroxylation is 1. The number of furan rings is 1. The number of nitrogens with zero attached hydrogens (tertiary/aromatic N) is 2. The Hall–Kier alpha value is -3.14. The van der Waals surface area contributed by atoms with Gasteiger partial charge in [-0.15, -0.1) is 0 Å². The lowest BCUT2D eigenvalue weighted by Crippen LogP contribution is -2.26. The van der Waals surface area contributed by atoms with E-state index < -0.39 is 0 Å². The fraction of sp³-hybridized carbons (Fsp3) is 0.182. The topological polar surface area (TPSA) is 45.8 Å². The normalized spacial score (nSPS) is 16.6. The zero-order valence-electron chi connectivity index (χ0n) is 14.6. The fourth-order valence-electron chi connectivity index (χ4n) is 3.22. The van der Waals surface area contributed by atoms with E-state index in [0.717, 1.165) is 23.5 Å². The van der Waals surface area contributed by atoms with E-state index in [1.54, 1.807) is 11.3 Å². The summed E-state index contributed by atoms with van der Waals surface area (Å²) in [5, 5.41) is 6.22. The number of benzene rings is 2. The Morgan fingerprint density at radius 1 is 1.08 bits per heavy atom. The van der Waals surface area contributed by atoms with Crippen LogP contribution >= 0.6 is 0 Å². The molecule has 0 unspecified atom stereocenters. The number of hydrogen-bond acceptors (Lipinski definition) is 3. The number of rotatable bonds is 4. The number of hydrazone groups is 1. The lowest BCUT2D eigenvalue weighted by atomic mass is 10.0. The molecule has 4 rings (SSSR count). The van der Waals surface area contributed by atoms with Crippen LogP contribution in [0.15, 0.2) is 82.5 Å². The van der Waals surface area contributed by atoms with Crippen molar-refractivity contribution >= 4 is 11.6 Å². The lowest BCUT2D eigenvalue weighted by molar-refractivity contribution is 0.0693. The highest BCUT2D eigenvalue weighted by molar-refractivity contribution is 6.05. The smallest absolute Gasteiger partial charge is 0.274 e. The van der Waals surface area contributed by atoms with Crippen LogP contribution < -0.4 is 0 Å². The molecule has 130 valence electrons. The summed E-state index contributed by atoms with van der Waals surface area (Å²) in [6.07, 6.45) is 3.27. The summed E-state index contributed by atoms with van der Waals surface area (Å²) in [4.78, 5) is 13.0. The second-order valence-electron chi connectivity index (χ2n) is 6.35. The first-order valence-corrected chi connectivity index (χ1v) is 8.85. The van der Waals surface area contributed by atoms with Crippen molar-refractivity contribution in [1.29, 1.82) is 0 Å². The first kappa shape index (κ1) is 16.3. The minimum absolute atomic E-state index is 0.118. The van der Waals surface area contributed by atoms with Gasteiger partial charge in [-0.25, -0.2) is 5.01 Å². The van der Waals surface area contributed by atoms with Gasteiger partial charge in [0.2, 0.25) is 0 Å². The molecular weight excluding hydrogens is 324 g/mol. The highest BCUT2D eigenvalue weighted by atomic mass is 16.3. The zero-order chi connectivity index (χ0) is 17.9. The van der Waals surface area contributed by atoms with Crippen LogP contribution in [-0.4, -0.2) is 16.6 Å². The van der Waals surface area contributed by atoms with Gasteiger partial charge >= 0.3 is 0 Å². The molecule has 0 bridgehead atoms. The molecule has 26 heavy (non-hydrogen) atoms. The zero-order valence-corrected chi connectivity index (χ0v) is 14.6. The second-order valence-corrected chi connectivity index (χ2v) is 6.35. The molecule has 1 aliphatic rings. The third kappa shape index (κ3) is 3.06. The van der Waals surface area contributed by atoms with Crippen molar-refractivity contribution in [3.63, 3.8) is 0 Å². The van der Waals surface area contributed by atoms with Gasteiger partial charge in [0.05, 0.1) is 12.0 Å². The Bertz CT molecular complexity index is 913. The van der Waals surface area contributed by atoms with E-state index in [0.29, 0.717) is 12.0 Å². The third-order valence-electron chi connectivity index (χ3n) is 4.71. The van der Waals surface area contributed by atoms with Crippen molar-refractivity contribution in [2.75, 3.05) is 0 Å². The Kier molecular flexibility index (Phi) is 4.40. The van der Waals surface area contributed by atoms with Crippen LogP contribution in [0.5, 0.6) is 0 Å². The second kappa shape index (κ2) is 7.00. The minimum atomic E-state index is -0.224. The van der Waals surface area contributed by atoms with Gasteiger partial charge in [-0.2, -0.15) is 5.10 Å². The maximum atomic E-state index is 13.0. The number of carbonyl (C=O) groups excluding carboxylic acids is 1. The van der Waals surface area contributed by atoms with Crippen LogP contribution in [0.4, 0.5) is 0 Å². The summed E-state index contributed by atoms with van der Waals surface area (Å²) < 4.78 is 5.59. The molecule has 1 aliphatic heterocycles. The van der Waals surface area contributed by atoms with Crippen LogP contribution in [0.2, 0.25) is 0 Å². The van der Waals surface area contributed by atoms with Crippen molar-refractivity contribution in [2.45, 2.75) is 25.8 Å². The third-order valence-corrected chi connectivity index (χ3v) is 4.71. The minimum Gasteiger partial charge on any atom is -0.467 e. The van der Waals surface area contributed by atoms with Crippen LogP contribution in [0.1, 0.15) is 46.6 Å². The molecule has 1 atom stereocenters. The summed E-state index contributed by atoms with van der Waals surface area (Å²) in [5.74, 6) is 0.630. The molecule has 2 aromatic carbocycles. The summed E-state index contributed by atoms with van der Waals surface area (Å²) in [6.45, 7) is 2.13. The van der Waals surface area contributed by atoms with Gasteiger partial charge in [0.25, 0.3) is 5.91 Å². The van der Waals surface area contributed by atoms with Crippen LogP contribution in [0.25, 0.3) is 0 Å². The highest BCUT2D eigenvalue weighted by Crippen LogP contribution is 2.34. The van der Waals surface area contributed by atoms with E-state index in [-0.39, 0.29) is 11.9 Å². The Morgan fingerprint density at radius 2 is 1.85 bits per heavy atom. The van der Waals surface area contributed by atoms with Crippen molar-refractivity contribution < 1.29 is 9.21 Å². The first-order chi connectivity index (χ1) is 12.8. The number of hydrogen-bond donors (Lipinski definition) is 0. The molecule has 4 nitrogen and oxygen atoms in total. The molecule has 0 radical (unpaired) electrons. The lowest BCUT2D eigenvalue weighted by Gasteiger charge is -2.19. The highest BCUT2D eigenvalue weighted by Gasteiger charge is 2.35. The predicted molar refractivity (Wildman–Crippen MR) is 101 cm³/mol. The molecule has 0 saturated heterocycles. The molecule has 0 aliphatic carbocycles. The quantitative estimate of drug-likeness (QED) is 0.680. The summed E-state index contributed by atoms with van der Waals surface area (Å²) in [5.41, 5.74) is 3.85. The van der Waals surface area contributed by atoms with Crippen molar-refractivity contribution in [1.82, 2.24) is 5.01 Å². The average molecular weight is 344 g/mol. The molecule has 0 saturated carbocycles. The van der Waals surface area contributed by atoms with Gasteiger partial charge < -0.3 is 4.42 Å². The molecule has 3 aromatic rings. The monoisotopic (exact) mass is 344 g/mol. The number of carbonyl (C=O) groups is 1. The summed E-state index contributed by atoms with van der Waals surface area (Å²) in [6, 6.07) is 21.1. The van der Waals surface area contributed by atoms with Crippen molar-refractivity contribution in [2.24, 2.45) is 5.10 Å². The Morgan fingerprint density at radius 3 is 2.50 bits per heavy atom. The molecule has 4 heteroatoms. The van der Waals surface area contributed by atoms with E-state index in [4.69, 9.17) is 4.42 Å². The maximum Gasteiger partial charge on any atom is 0.274 e. The molecule has 0 N–H and O–H groups in total. The largest absolute Gasteiger partial charge is 0.467 e. The maximum absolute atomic E-state index is 13.0. The molecule has 1 aromatic heterocycles. The van der Waals surface area contributed by atoms with E-state index >= 15 is 0 Å². The van der Waals surface area contributed by atoms with Crippen LogP contribution in [-0.2, 0) is 6.42 Å². The van der Waals surface area contributed by atoms with Crippen molar-refractivity contribution in [3.8, 4) is 0 Å². The SMILES string of the molecule is CCc1ccc(C2=NN(C(=O)c3ccccc3)[C@@H](c3ccco3)C2)cc1. The van der Waals surface area contributed by atoms with Gasteiger partial charge in [0.15, 0.2) is 0 Å². The Balaban J connectivity index is 1.69. The first-order valence-electron chi connectivity index (χ1n) is 8.85. The Labute approximate surface area is 152 Å². The van der Waals surface area contributed by atoms with E-state index in [1.807, 2.05) is 42.5 Å².